The van der Waals surface area contributed by atoms with Gasteiger partial charge >= 0.3 is 5.97 Å². The zero-order valence-electron chi connectivity index (χ0n) is 15.3. The highest BCUT2D eigenvalue weighted by Gasteiger charge is 2.18. The SMILES string of the molecule is C=CCN(CC=C)C(=O)COC(=O)CNS(=O)(=O)c1ccc2ccccc2c1. The van der Waals surface area contributed by atoms with Gasteiger partial charge in [0.1, 0.15) is 6.54 Å². The Kier molecular flexibility index (Phi) is 7.48. The molecule has 0 aromatic heterocycles. The fourth-order valence-corrected chi connectivity index (χ4v) is 3.45. The second-order valence-corrected chi connectivity index (χ2v) is 7.64. The third kappa shape index (κ3) is 5.77. The third-order valence-electron chi connectivity index (χ3n) is 3.85. The van der Waals surface area contributed by atoms with Gasteiger partial charge in [0.05, 0.1) is 4.90 Å². The molecule has 0 aliphatic rings. The van der Waals surface area contributed by atoms with E-state index < -0.39 is 35.1 Å². The van der Waals surface area contributed by atoms with Gasteiger partial charge in [0.15, 0.2) is 6.61 Å². The first kappa shape index (κ1) is 21.3. The first-order valence-electron chi connectivity index (χ1n) is 8.51. The van der Waals surface area contributed by atoms with E-state index in [1.54, 1.807) is 24.3 Å². The monoisotopic (exact) mass is 402 g/mol. The number of rotatable bonds is 10. The van der Waals surface area contributed by atoms with Crippen LogP contribution in [0, 0.1) is 0 Å². The Labute approximate surface area is 164 Å². The molecule has 0 unspecified atom stereocenters. The molecule has 2 aromatic rings. The second kappa shape index (κ2) is 9.82. The molecular weight excluding hydrogens is 380 g/mol. The van der Waals surface area contributed by atoms with Gasteiger partial charge in [0, 0.05) is 13.1 Å². The van der Waals surface area contributed by atoms with E-state index in [-0.39, 0.29) is 18.0 Å². The highest BCUT2D eigenvalue weighted by atomic mass is 32.2. The van der Waals surface area contributed by atoms with Gasteiger partial charge < -0.3 is 9.64 Å². The molecule has 0 spiro atoms. The third-order valence-corrected chi connectivity index (χ3v) is 5.24. The van der Waals surface area contributed by atoms with Crippen LogP contribution in [0.5, 0.6) is 0 Å². The lowest BCUT2D eigenvalue weighted by molar-refractivity contribution is -0.150. The minimum absolute atomic E-state index is 0.0400. The molecule has 2 aromatic carbocycles. The number of amides is 1. The average molecular weight is 402 g/mol. The molecular formula is C20H22N2O5S. The van der Waals surface area contributed by atoms with Crippen molar-refractivity contribution < 1.29 is 22.7 Å². The molecule has 0 aliphatic heterocycles. The Morgan fingerprint density at radius 1 is 1.04 bits per heavy atom. The molecule has 1 N–H and O–H groups in total. The summed E-state index contributed by atoms with van der Waals surface area (Å²) in [6.07, 6.45) is 3.09. The van der Waals surface area contributed by atoms with Crippen LogP contribution in [0.25, 0.3) is 10.8 Å². The van der Waals surface area contributed by atoms with Crippen LogP contribution in [0.15, 0.2) is 72.7 Å². The van der Waals surface area contributed by atoms with Gasteiger partial charge in [-0.3, -0.25) is 9.59 Å². The van der Waals surface area contributed by atoms with Gasteiger partial charge in [-0.2, -0.15) is 4.72 Å². The van der Waals surface area contributed by atoms with Crippen LogP contribution < -0.4 is 4.72 Å². The number of esters is 1. The molecule has 0 fully saturated rings. The minimum atomic E-state index is -3.89. The molecule has 0 aliphatic carbocycles. The second-order valence-electron chi connectivity index (χ2n) is 5.87. The minimum Gasteiger partial charge on any atom is -0.455 e. The predicted molar refractivity (Wildman–Crippen MR) is 107 cm³/mol. The van der Waals surface area contributed by atoms with E-state index in [4.69, 9.17) is 4.74 Å². The fourth-order valence-electron chi connectivity index (χ4n) is 2.45. The number of ether oxygens (including phenoxy) is 1. The molecule has 0 heterocycles. The summed E-state index contributed by atoms with van der Waals surface area (Å²) in [5, 5.41) is 1.67. The van der Waals surface area contributed by atoms with Crippen molar-refractivity contribution in [1.82, 2.24) is 9.62 Å². The molecule has 148 valence electrons. The van der Waals surface area contributed by atoms with Gasteiger partial charge in [-0.05, 0) is 22.9 Å². The lowest BCUT2D eigenvalue weighted by Crippen LogP contribution is -2.37. The normalized spacial score (nSPS) is 11.0. The fraction of sp³-hybridized carbons (Fsp3) is 0.200. The molecule has 0 atom stereocenters. The number of carbonyl (C=O) groups is 2. The molecule has 28 heavy (non-hydrogen) atoms. The van der Waals surface area contributed by atoms with Crippen molar-refractivity contribution in [3.63, 3.8) is 0 Å². The summed E-state index contributed by atoms with van der Waals surface area (Å²) in [5.74, 6) is -1.28. The molecule has 2 rings (SSSR count). The van der Waals surface area contributed by atoms with E-state index in [1.165, 1.54) is 17.0 Å². The number of hydrogen-bond acceptors (Lipinski definition) is 5. The van der Waals surface area contributed by atoms with E-state index in [0.29, 0.717) is 0 Å². The van der Waals surface area contributed by atoms with E-state index in [2.05, 4.69) is 17.9 Å². The van der Waals surface area contributed by atoms with Crippen LogP contribution in [0.2, 0.25) is 0 Å². The van der Waals surface area contributed by atoms with Crippen molar-refractivity contribution in [2.24, 2.45) is 0 Å². The maximum absolute atomic E-state index is 12.4. The molecule has 0 radical (unpaired) electrons. The van der Waals surface area contributed by atoms with Gasteiger partial charge in [-0.15, -0.1) is 13.2 Å². The predicted octanol–water partition coefficient (Wildman–Crippen LogP) is 1.86. The maximum Gasteiger partial charge on any atom is 0.321 e. The number of nitrogens with one attached hydrogen (secondary N) is 1. The standard InChI is InChI=1S/C20H22N2O5S/c1-3-11-22(12-4-2)19(23)15-27-20(24)14-21-28(25,26)18-10-9-16-7-5-6-8-17(16)13-18/h3-10,13,21H,1-2,11-12,14-15H2. The van der Waals surface area contributed by atoms with Crippen LogP contribution in [0.4, 0.5) is 0 Å². The van der Waals surface area contributed by atoms with E-state index in [1.807, 2.05) is 18.2 Å². The average Bonchev–Trinajstić information content (AvgIpc) is 2.70. The van der Waals surface area contributed by atoms with Gasteiger partial charge in [0.25, 0.3) is 5.91 Å². The number of hydrogen-bond donors (Lipinski definition) is 1. The van der Waals surface area contributed by atoms with Crippen molar-refractivity contribution >= 4 is 32.7 Å². The van der Waals surface area contributed by atoms with Crippen molar-refractivity contribution in [3.05, 3.63) is 67.8 Å². The van der Waals surface area contributed by atoms with E-state index in [9.17, 15) is 18.0 Å². The van der Waals surface area contributed by atoms with Crippen LogP contribution >= 0.6 is 0 Å². The quantitative estimate of drug-likeness (QED) is 0.484. The van der Waals surface area contributed by atoms with E-state index >= 15 is 0 Å². The largest absolute Gasteiger partial charge is 0.455 e. The Morgan fingerprint density at radius 2 is 1.68 bits per heavy atom. The summed E-state index contributed by atoms with van der Waals surface area (Å²) in [5.41, 5.74) is 0. The zero-order valence-corrected chi connectivity index (χ0v) is 16.2. The highest BCUT2D eigenvalue weighted by molar-refractivity contribution is 7.89. The van der Waals surface area contributed by atoms with Crippen LogP contribution in [0.3, 0.4) is 0 Å². The number of benzene rings is 2. The Hall–Kier alpha value is -2.97. The highest BCUT2D eigenvalue weighted by Crippen LogP contribution is 2.18. The van der Waals surface area contributed by atoms with Crippen molar-refractivity contribution in [2.75, 3.05) is 26.2 Å². The first-order chi connectivity index (χ1) is 13.4. The summed E-state index contributed by atoms with van der Waals surface area (Å²) in [6, 6.07) is 12.0. The van der Waals surface area contributed by atoms with Gasteiger partial charge in [-0.25, -0.2) is 8.42 Å². The topological polar surface area (TPSA) is 92.8 Å². The van der Waals surface area contributed by atoms with E-state index in [0.717, 1.165) is 10.8 Å². The summed E-state index contributed by atoms with van der Waals surface area (Å²) < 4.78 is 31.8. The summed E-state index contributed by atoms with van der Waals surface area (Å²) >= 11 is 0. The van der Waals surface area contributed by atoms with Crippen LogP contribution in [-0.4, -0.2) is 51.4 Å². The first-order valence-corrected chi connectivity index (χ1v) is 9.99. The summed E-state index contributed by atoms with van der Waals surface area (Å²) in [6.45, 7) is 6.62. The van der Waals surface area contributed by atoms with Gasteiger partial charge in [0.2, 0.25) is 10.0 Å². The number of carbonyl (C=O) groups excluding carboxylic acids is 2. The number of sulfonamides is 1. The Balaban J connectivity index is 1.92. The summed E-state index contributed by atoms with van der Waals surface area (Å²) in [7, 11) is -3.89. The number of nitrogens with zero attached hydrogens (tertiary/aromatic N) is 1. The van der Waals surface area contributed by atoms with Crippen LogP contribution in [0.1, 0.15) is 0 Å². The lowest BCUT2D eigenvalue weighted by atomic mass is 10.1. The number of fused-ring (bicyclic) bond motifs is 1. The lowest BCUT2D eigenvalue weighted by Gasteiger charge is -2.18. The molecule has 1 amide bonds. The molecule has 0 bridgehead atoms. The van der Waals surface area contributed by atoms with Gasteiger partial charge in [-0.1, -0.05) is 42.5 Å². The Morgan fingerprint density at radius 3 is 2.32 bits per heavy atom. The molecule has 8 heteroatoms. The molecule has 0 saturated heterocycles. The smallest absolute Gasteiger partial charge is 0.321 e. The maximum atomic E-state index is 12.4. The zero-order chi connectivity index (χ0) is 20.6. The van der Waals surface area contributed by atoms with Crippen molar-refractivity contribution in [3.8, 4) is 0 Å². The van der Waals surface area contributed by atoms with Crippen molar-refractivity contribution in [1.29, 1.82) is 0 Å². The van der Waals surface area contributed by atoms with Crippen LogP contribution in [-0.2, 0) is 24.3 Å². The molecule has 0 saturated carbocycles. The Bertz CT molecular complexity index is 975. The summed E-state index contributed by atoms with van der Waals surface area (Å²) in [4.78, 5) is 25.2. The van der Waals surface area contributed by atoms with Crippen molar-refractivity contribution in [2.45, 2.75) is 4.90 Å². The molecule has 7 nitrogen and oxygen atoms in total.